The molecule has 0 N–H and O–H groups in total. The SMILES string of the molecule is CC1=N[N-]CC1.[Y]. The maximum Gasteiger partial charge on any atom is 0 e. The van der Waals surface area contributed by atoms with Gasteiger partial charge in [-0.1, -0.05) is 0 Å². The van der Waals surface area contributed by atoms with Gasteiger partial charge in [-0.2, -0.15) is 0 Å². The second kappa shape index (κ2) is 3.56. The van der Waals surface area contributed by atoms with E-state index in [0.717, 1.165) is 18.7 Å². The molecule has 0 saturated carbocycles. The second-order valence-electron chi connectivity index (χ2n) is 1.45. The molecule has 1 rings (SSSR count). The fourth-order valence-corrected chi connectivity index (χ4v) is 0.433. The minimum atomic E-state index is 0. The summed E-state index contributed by atoms with van der Waals surface area (Å²) in [7, 11) is 0. The molecule has 2 nitrogen and oxygen atoms in total. The number of hydrogen-bond acceptors (Lipinski definition) is 1. The number of rotatable bonds is 0. The van der Waals surface area contributed by atoms with Crippen LogP contribution in [0.25, 0.3) is 5.43 Å². The van der Waals surface area contributed by atoms with Crippen LogP contribution in [-0.2, 0) is 32.7 Å². The van der Waals surface area contributed by atoms with Crippen LogP contribution in [0.15, 0.2) is 5.10 Å². The van der Waals surface area contributed by atoms with E-state index < -0.39 is 0 Å². The largest absolute Gasteiger partial charge is 0.602 e. The van der Waals surface area contributed by atoms with E-state index in [2.05, 4.69) is 10.5 Å². The first-order valence-corrected chi connectivity index (χ1v) is 2.09. The Morgan fingerprint density at radius 2 is 2.43 bits per heavy atom. The van der Waals surface area contributed by atoms with Crippen molar-refractivity contribution < 1.29 is 32.7 Å². The van der Waals surface area contributed by atoms with Crippen molar-refractivity contribution in [3.63, 3.8) is 0 Å². The normalized spacial score (nSPS) is 17.0. The quantitative estimate of drug-likeness (QED) is 0.523. The Balaban J connectivity index is 0.000000360. The van der Waals surface area contributed by atoms with Gasteiger partial charge in [-0.05, 0) is 19.1 Å². The minimum Gasteiger partial charge on any atom is -0.602 e. The van der Waals surface area contributed by atoms with E-state index in [9.17, 15) is 0 Å². The van der Waals surface area contributed by atoms with Crippen LogP contribution < -0.4 is 0 Å². The van der Waals surface area contributed by atoms with Crippen LogP contribution in [0.3, 0.4) is 0 Å². The third kappa shape index (κ3) is 2.40. The van der Waals surface area contributed by atoms with Gasteiger partial charge < -0.3 is 10.5 Å². The molecular weight excluding hydrogens is 165 g/mol. The predicted octanol–water partition coefficient (Wildman–Crippen LogP) is 1.14. The molecule has 0 fully saturated rings. The van der Waals surface area contributed by atoms with Gasteiger partial charge in [0.1, 0.15) is 0 Å². The molecule has 0 spiro atoms. The van der Waals surface area contributed by atoms with Crippen LogP contribution in [0.1, 0.15) is 13.3 Å². The number of hydrogen-bond donors (Lipinski definition) is 0. The summed E-state index contributed by atoms with van der Waals surface area (Å²) < 4.78 is 0. The van der Waals surface area contributed by atoms with Crippen molar-refractivity contribution in [2.45, 2.75) is 13.3 Å². The van der Waals surface area contributed by atoms with Crippen molar-refractivity contribution in [1.29, 1.82) is 0 Å². The smallest absolute Gasteiger partial charge is 0 e. The zero-order valence-corrected chi connectivity index (χ0v) is 7.22. The summed E-state index contributed by atoms with van der Waals surface area (Å²) in [5, 5.41) is 3.78. The Kier molecular flexibility index (Phi) is 3.85. The Morgan fingerprint density at radius 3 is 2.57 bits per heavy atom. The fraction of sp³-hybridized carbons (Fsp3) is 0.750. The Morgan fingerprint density at radius 1 is 1.71 bits per heavy atom. The van der Waals surface area contributed by atoms with Gasteiger partial charge in [-0.3, -0.25) is 0 Å². The summed E-state index contributed by atoms with van der Waals surface area (Å²) in [5.74, 6) is 0. The van der Waals surface area contributed by atoms with Gasteiger partial charge in [-0.15, -0.1) is 6.54 Å². The third-order valence-corrected chi connectivity index (χ3v) is 0.815. The molecule has 0 aromatic rings. The van der Waals surface area contributed by atoms with Crippen LogP contribution in [0.5, 0.6) is 0 Å². The molecule has 1 radical (unpaired) electrons. The van der Waals surface area contributed by atoms with E-state index in [4.69, 9.17) is 0 Å². The third-order valence-electron chi connectivity index (χ3n) is 0.815. The zero-order chi connectivity index (χ0) is 4.41. The standard InChI is InChI=1S/C4H7N2.Y/c1-4-2-3-5-6-4;/h2-3H2,1H3;/q-1;. The Bertz CT molecular complexity index is 79.8. The predicted molar refractivity (Wildman–Crippen MR) is 26.0 cm³/mol. The molecule has 0 atom stereocenters. The Hall–Kier alpha value is 0.574. The average Bonchev–Trinajstić information content (AvgIpc) is 1.86. The molecule has 37 valence electrons. The molecule has 0 bridgehead atoms. The van der Waals surface area contributed by atoms with E-state index in [1.54, 1.807) is 0 Å². The van der Waals surface area contributed by atoms with Crippen molar-refractivity contribution in [1.82, 2.24) is 0 Å². The van der Waals surface area contributed by atoms with Gasteiger partial charge in [0, 0.05) is 32.7 Å². The zero-order valence-electron chi connectivity index (χ0n) is 4.39. The topological polar surface area (TPSA) is 26.5 Å². The van der Waals surface area contributed by atoms with Gasteiger partial charge in [0.05, 0.1) is 0 Å². The van der Waals surface area contributed by atoms with Crippen LogP contribution in [-0.4, -0.2) is 12.3 Å². The summed E-state index contributed by atoms with van der Waals surface area (Å²) in [6.07, 6.45) is 1.07. The monoisotopic (exact) mass is 172 g/mol. The molecule has 0 aliphatic carbocycles. The van der Waals surface area contributed by atoms with Crippen molar-refractivity contribution >= 4 is 5.71 Å². The first kappa shape index (κ1) is 7.57. The molecule has 7 heavy (non-hydrogen) atoms. The van der Waals surface area contributed by atoms with E-state index in [-0.39, 0.29) is 32.7 Å². The molecular formula is C4H7N2Y-. The second-order valence-corrected chi connectivity index (χ2v) is 1.45. The van der Waals surface area contributed by atoms with E-state index in [1.807, 2.05) is 6.92 Å². The fourth-order valence-electron chi connectivity index (χ4n) is 0.433. The van der Waals surface area contributed by atoms with Gasteiger partial charge in [-0.25, -0.2) is 0 Å². The van der Waals surface area contributed by atoms with Gasteiger partial charge in [0.15, 0.2) is 0 Å². The molecule has 1 aliphatic heterocycles. The molecule has 0 unspecified atom stereocenters. The summed E-state index contributed by atoms with van der Waals surface area (Å²) in [6.45, 7) is 2.91. The molecule has 0 aromatic carbocycles. The van der Waals surface area contributed by atoms with Crippen LogP contribution in [0.2, 0.25) is 0 Å². The molecule has 0 saturated heterocycles. The van der Waals surface area contributed by atoms with E-state index in [0.29, 0.717) is 0 Å². The molecule has 0 amide bonds. The maximum absolute atomic E-state index is 3.78. The van der Waals surface area contributed by atoms with Crippen LogP contribution in [0, 0.1) is 0 Å². The molecule has 1 aliphatic rings. The average molecular weight is 172 g/mol. The van der Waals surface area contributed by atoms with Crippen molar-refractivity contribution in [3.8, 4) is 0 Å². The minimum absolute atomic E-state index is 0. The van der Waals surface area contributed by atoms with Crippen LogP contribution in [0.4, 0.5) is 0 Å². The van der Waals surface area contributed by atoms with Crippen molar-refractivity contribution in [2.75, 3.05) is 6.54 Å². The van der Waals surface area contributed by atoms with E-state index in [1.165, 1.54) is 0 Å². The van der Waals surface area contributed by atoms with Crippen molar-refractivity contribution in [3.05, 3.63) is 5.43 Å². The molecule has 0 aromatic heterocycles. The summed E-state index contributed by atoms with van der Waals surface area (Å²) >= 11 is 0. The van der Waals surface area contributed by atoms with Crippen molar-refractivity contribution in [2.24, 2.45) is 5.10 Å². The van der Waals surface area contributed by atoms with Crippen LogP contribution >= 0.6 is 0 Å². The number of nitrogens with zero attached hydrogens (tertiary/aromatic N) is 2. The molecule has 3 heteroatoms. The first-order chi connectivity index (χ1) is 2.89. The van der Waals surface area contributed by atoms with Gasteiger partial charge in [0.2, 0.25) is 0 Å². The summed E-state index contributed by atoms with van der Waals surface area (Å²) in [5.41, 5.74) is 4.91. The first-order valence-electron chi connectivity index (χ1n) is 2.09. The maximum atomic E-state index is 3.78. The molecule has 1 heterocycles. The Labute approximate surface area is 68.6 Å². The summed E-state index contributed by atoms with van der Waals surface area (Å²) in [6, 6.07) is 0. The van der Waals surface area contributed by atoms with E-state index >= 15 is 0 Å². The summed E-state index contributed by atoms with van der Waals surface area (Å²) in [4.78, 5) is 0. The van der Waals surface area contributed by atoms with Gasteiger partial charge >= 0.3 is 0 Å². The van der Waals surface area contributed by atoms with Gasteiger partial charge in [0.25, 0.3) is 0 Å².